The molecule has 0 atom stereocenters. The highest BCUT2D eigenvalue weighted by Gasteiger charge is 2.09. The van der Waals surface area contributed by atoms with Gasteiger partial charge in [-0.1, -0.05) is 17.7 Å². The summed E-state index contributed by atoms with van der Waals surface area (Å²) in [6, 6.07) is 8.58. The number of amides is 1. The number of aromatic nitrogens is 1. The number of nitrogens with one attached hydrogen (secondary N) is 2. The second-order valence-electron chi connectivity index (χ2n) is 4.01. The highest BCUT2D eigenvalue weighted by Crippen LogP contribution is 2.23. The van der Waals surface area contributed by atoms with Crippen LogP contribution in [-0.2, 0) is 0 Å². The first kappa shape index (κ1) is 13.3. The number of hydrogen-bond donors (Lipinski definition) is 3. The van der Waals surface area contributed by atoms with Gasteiger partial charge in [0.1, 0.15) is 5.82 Å². The quantitative estimate of drug-likeness (QED) is 0.595. The number of nitrogens with two attached hydrogens (primary N) is 1. The number of nitrogens with zero attached hydrogens (tertiary/aromatic N) is 1. The lowest BCUT2D eigenvalue weighted by Gasteiger charge is -2.08. The smallest absolute Gasteiger partial charge is 0.255 e. The molecule has 1 amide bonds. The van der Waals surface area contributed by atoms with Crippen molar-refractivity contribution in [3.05, 3.63) is 52.7 Å². The van der Waals surface area contributed by atoms with Gasteiger partial charge in [0.25, 0.3) is 5.91 Å². The monoisotopic (exact) mass is 276 g/mol. The molecule has 0 unspecified atom stereocenters. The molecule has 0 fully saturated rings. The van der Waals surface area contributed by atoms with Crippen molar-refractivity contribution >= 4 is 29.0 Å². The standard InChI is InChI=1S/C13H13ClN4O/c1-8-2-3-10(14)11(6-8)17-13(19)9-4-5-16-12(7-9)18-15/h2-7H,15H2,1H3,(H,16,18)(H,17,19). The molecule has 2 rings (SSSR count). The van der Waals surface area contributed by atoms with Gasteiger partial charge in [-0.05, 0) is 36.8 Å². The zero-order valence-corrected chi connectivity index (χ0v) is 11.0. The molecule has 1 aromatic carbocycles. The lowest BCUT2D eigenvalue weighted by molar-refractivity contribution is 0.102. The molecular formula is C13H13ClN4O. The van der Waals surface area contributed by atoms with Crippen LogP contribution in [0.15, 0.2) is 36.5 Å². The third-order valence-corrected chi connectivity index (χ3v) is 2.87. The molecule has 0 aliphatic heterocycles. The average molecular weight is 277 g/mol. The van der Waals surface area contributed by atoms with Gasteiger partial charge in [0, 0.05) is 11.8 Å². The van der Waals surface area contributed by atoms with Crippen LogP contribution in [0.3, 0.4) is 0 Å². The SMILES string of the molecule is Cc1ccc(Cl)c(NC(=O)c2ccnc(NN)c2)c1. The summed E-state index contributed by atoms with van der Waals surface area (Å²) in [6.07, 6.45) is 1.50. The van der Waals surface area contributed by atoms with E-state index in [4.69, 9.17) is 17.4 Å². The zero-order chi connectivity index (χ0) is 13.8. The van der Waals surface area contributed by atoms with E-state index in [1.165, 1.54) is 6.20 Å². The van der Waals surface area contributed by atoms with Crippen molar-refractivity contribution in [1.29, 1.82) is 0 Å². The average Bonchev–Trinajstić information content (AvgIpc) is 2.43. The maximum Gasteiger partial charge on any atom is 0.255 e. The summed E-state index contributed by atoms with van der Waals surface area (Å²) in [4.78, 5) is 16.0. The van der Waals surface area contributed by atoms with Gasteiger partial charge in [0.05, 0.1) is 10.7 Å². The molecule has 6 heteroatoms. The van der Waals surface area contributed by atoms with Crippen LogP contribution in [0.2, 0.25) is 5.02 Å². The Kier molecular flexibility index (Phi) is 3.99. The van der Waals surface area contributed by atoms with Crippen LogP contribution < -0.4 is 16.6 Å². The normalized spacial score (nSPS) is 10.1. The molecule has 98 valence electrons. The van der Waals surface area contributed by atoms with Gasteiger partial charge < -0.3 is 10.7 Å². The van der Waals surface area contributed by atoms with Crippen molar-refractivity contribution in [2.75, 3.05) is 10.7 Å². The number of rotatable bonds is 3. The summed E-state index contributed by atoms with van der Waals surface area (Å²) < 4.78 is 0. The van der Waals surface area contributed by atoms with Crippen molar-refractivity contribution in [1.82, 2.24) is 4.98 Å². The highest BCUT2D eigenvalue weighted by molar-refractivity contribution is 6.34. The van der Waals surface area contributed by atoms with Gasteiger partial charge in [0.2, 0.25) is 0 Å². The summed E-state index contributed by atoms with van der Waals surface area (Å²) in [7, 11) is 0. The molecule has 5 nitrogen and oxygen atoms in total. The largest absolute Gasteiger partial charge is 0.321 e. The van der Waals surface area contributed by atoms with Gasteiger partial charge >= 0.3 is 0 Å². The predicted octanol–water partition coefficient (Wildman–Crippen LogP) is 2.58. The number of halogens is 1. The Balaban J connectivity index is 2.22. The topological polar surface area (TPSA) is 80.0 Å². The Morgan fingerprint density at radius 2 is 2.11 bits per heavy atom. The minimum atomic E-state index is -0.272. The number of pyridine rings is 1. The molecule has 0 radical (unpaired) electrons. The fourth-order valence-electron chi connectivity index (χ4n) is 1.58. The van der Waals surface area contributed by atoms with E-state index in [1.54, 1.807) is 18.2 Å². The van der Waals surface area contributed by atoms with Crippen LogP contribution in [0, 0.1) is 6.92 Å². The fourth-order valence-corrected chi connectivity index (χ4v) is 1.74. The molecular weight excluding hydrogens is 264 g/mol. The molecule has 2 aromatic rings. The number of nitrogen functional groups attached to an aromatic ring is 1. The van der Waals surface area contributed by atoms with Crippen LogP contribution in [0.5, 0.6) is 0 Å². The Morgan fingerprint density at radius 1 is 1.32 bits per heavy atom. The van der Waals surface area contributed by atoms with Gasteiger partial charge in [-0.2, -0.15) is 0 Å². The fraction of sp³-hybridized carbons (Fsp3) is 0.0769. The van der Waals surface area contributed by atoms with Crippen LogP contribution >= 0.6 is 11.6 Å². The van der Waals surface area contributed by atoms with Crippen LogP contribution in [0.25, 0.3) is 0 Å². The summed E-state index contributed by atoms with van der Waals surface area (Å²) in [6.45, 7) is 1.93. The maximum absolute atomic E-state index is 12.1. The predicted molar refractivity (Wildman–Crippen MR) is 76.2 cm³/mol. The maximum atomic E-state index is 12.1. The first-order chi connectivity index (χ1) is 9.10. The second kappa shape index (κ2) is 5.69. The van der Waals surface area contributed by atoms with E-state index in [-0.39, 0.29) is 5.91 Å². The Labute approximate surface area is 115 Å². The number of carbonyl (C=O) groups excluding carboxylic acids is 1. The van der Waals surface area contributed by atoms with E-state index < -0.39 is 0 Å². The van der Waals surface area contributed by atoms with Crippen molar-refractivity contribution in [3.63, 3.8) is 0 Å². The number of benzene rings is 1. The molecule has 0 aliphatic rings. The van der Waals surface area contributed by atoms with Gasteiger partial charge in [0.15, 0.2) is 0 Å². The van der Waals surface area contributed by atoms with Gasteiger partial charge in [-0.15, -0.1) is 0 Å². The first-order valence-corrected chi connectivity index (χ1v) is 5.98. The summed E-state index contributed by atoms with van der Waals surface area (Å²) in [5.41, 5.74) is 4.42. The molecule has 0 spiro atoms. The minimum Gasteiger partial charge on any atom is -0.321 e. The van der Waals surface area contributed by atoms with Crippen molar-refractivity contribution in [3.8, 4) is 0 Å². The molecule has 1 heterocycles. The molecule has 0 saturated carbocycles. The Hall–Kier alpha value is -2.11. The first-order valence-electron chi connectivity index (χ1n) is 5.60. The molecule has 19 heavy (non-hydrogen) atoms. The Morgan fingerprint density at radius 3 is 2.84 bits per heavy atom. The van der Waals surface area contributed by atoms with Crippen LogP contribution in [0.1, 0.15) is 15.9 Å². The lowest BCUT2D eigenvalue weighted by Crippen LogP contribution is -2.14. The summed E-state index contributed by atoms with van der Waals surface area (Å²) >= 11 is 6.03. The third kappa shape index (κ3) is 3.21. The lowest BCUT2D eigenvalue weighted by atomic mass is 10.2. The number of aryl methyl sites for hydroxylation is 1. The van der Waals surface area contributed by atoms with E-state index in [0.29, 0.717) is 22.1 Å². The number of hydrogen-bond acceptors (Lipinski definition) is 4. The molecule has 0 saturated heterocycles. The molecule has 4 N–H and O–H groups in total. The third-order valence-electron chi connectivity index (χ3n) is 2.54. The Bertz CT molecular complexity index is 615. The zero-order valence-electron chi connectivity index (χ0n) is 10.3. The minimum absolute atomic E-state index is 0.272. The van der Waals surface area contributed by atoms with Crippen LogP contribution in [-0.4, -0.2) is 10.9 Å². The van der Waals surface area contributed by atoms with E-state index in [1.807, 2.05) is 19.1 Å². The summed E-state index contributed by atoms with van der Waals surface area (Å²) in [5, 5.41) is 3.24. The van der Waals surface area contributed by atoms with Crippen molar-refractivity contribution in [2.24, 2.45) is 5.84 Å². The van der Waals surface area contributed by atoms with E-state index in [2.05, 4.69) is 15.7 Å². The van der Waals surface area contributed by atoms with Gasteiger partial charge in [-0.3, -0.25) is 4.79 Å². The number of carbonyl (C=O) groups is 1. The molecule has 1 aromatic heterocycles. The molecule has 0 bridgehead atoms. The van der Waals surface area contributed by atoms with Crippen LogP contribution in [0.4, 0.5) is 11.5 Å². The summed E-state index contributed by atoms with van der Waals surface area (Å²) in [5.74, 6) is 5.40. The highest BCUT2D eigenvalue weighted by atomic mass is 35.5. The van der Waals surface area contributed by atoms with E-state index in [9.17, 15) is 4.79 Å². The van der Waals surface area contributed by atoms with Gasteiger partial charge in [-0.25, -0.2) is 10.8 Å². The van der Waals surface area contributed by atoms with E-state index in [0.717, 1.165) is 5.56 Å². The van der Waals surface area contributed by atoms with E-state index >= 15 is 0 Å². The second-order valence-corrected chi connectivity index (χ2v) is 4.42. The van der Waals surface area contributed by atoms with Crippen molar-refractivity contribution < 1.29 is 4.79 Å². The molecule has 0 aliphatic carbocycles. The number of anilines is 2. The van der Waals surface area contributed by atoms with Crippen molar-refractivity contribution in [2.45, 2.75) is 6.92 Å². The number of hydrazine groups is 1.